The normalized spacial score (nSPS) is 12.5. The molecule has 1 aromatic heterocycles. The van der Waals surface area contributed by atoms with Gasteiger partial charge in [0.1, 0.15) is 17.4 Å². The molecule has 0 aliphatic heterocycles. The molecule has 0 N–H and O–H groups in total. The van der Waals surface area contributed by atoms with E-state index in [4.69, 9.17) is 4.74 Å². The van der Waals surface area contributed by atoms with Gasteiger partial charge in [-0.25, -0.2) is 8.78 Å². The Hall–Kier alpha value is -2.01. The van der Waals surface area contributed by atoms with E-state index in [0.29, 0.717) is 17.9 Å². The number of rotatable bonds is 5. The number of hydrogen-bond acceptors (Lipinski definition) is 3. The molecule has 112 valence electrons. The van der Waals surface area contributed by atoms with Crippen molar-refractivity contribution >= 4 is 0 Å². The minimum atomic E-state index is -0.436. The molecule has 1 atom stereocenters. The van der Waals surface area contributed by atoms with Gasteiger partial charge in [-0.3, -0.25) is 9.88 Å². The lowest BCUT2D eigenvalue weighted by atomic mass is 10.1. The van der Waals surface area contributed by atoms with E-state index < -0.39 is 11.6 Å². The van der Waals surface area contributed by atoms with Gasteiger partial charge in [0.05, 0.1) is 19.0 Å². The maximum Gasteiger partial charge on any atom is 0.137 e. The van der Waals surface area contributed by atoms with Gasteiger partial charge >= 0.3 is 0 Å². The third-order valence-electron chi connectivity index (χ3n) is 3.51. The van der Waals surface area contributed by atoms with Gasteiger partial charge in [0.15, 0.2) is 0 Å². The Morgan fingerprint density at radius 1 is 1.24 bits per heavy atom. The minimum absolute atomic E-state index is 0.260. The summed E-state index contributed by atoms with van der Waals surface area (Å²) in [5.74, 6) is -0.154. The summed E-state index contributed by atoms with van der Waals surface area (Å²) in [6.45, 7) is 2.36. The predicted octanol–water partition coefficient (Wildman–Crippen LogP) is 3.56. The highest BCUT2D eigenvalue weighted by Gasteiger charge is 2.17. The first-order valence-corrected chi connectivity index (χ1v) is 6.65. The van der Waals surface area contributed by atoms with Crippen molar-refractivity contribution in [2.75, 3.05) is 14.2 Å². The summed E-state index contributed by atoms with van der Waals surface area (Å²) in [5.41, 5.74) is 1.17. The summed E-state index contributed by atoms with van der Waals surface area (Å²) in [4.78, 5) is 6.18. The third-order valence-corrected chi connectivity index (χ3v) is 3.51. The molecule has 1 heterocycles. The van der Waals surface area contributed by atoms with Crippen LogP contribution in [0.15, 0.2) is 36.5 Å². The van der Waals surface area contributed by atoms with Gasteiger partial charge in [-0.15, -0.1) is 0 Å². The number of hydrogen-bond donors (Lipinski definition) is 0. The van der Waals surface area contributed by atoms with E-state index in [1.54, 1.807) is 13.3 Å². The van der Waals surface area contributed by atoms with Gasteiger partial charge in [0, 0.05) is 18.2 Å². The molecule has 2 rings (SSSR count). The van der Waals surface area contributed by atoms with E-state index in [0.717, 1.165) is 17.8 Å². The minimum Gasteiger partial charge on any atom is -0.495 e. The summed E-state index contributed by atoms with van der Waals surface area (Å²) in [7, 11) is 3.43. The van der Waals surface area contributed by atoms with E-state index in [9.17, 15) is 8.78 Å². The summed E-state index contributed by atoms with van der Waals surface area (Å²) in [6.07, 6.45) is 1.64. The Balaban J connectivity index is 2.11. The molecule has 2 aromatic rings. The van der Waals surface area contributed by atoms with Crippen molar-refractivity contribution in [3.8, 4) is 5.75 Å². The molecule has 0 spiro atoms. The second-order valence-electron chi connectivity index (χ2n) is 4.95. The van der Waals surface area contributed by atoms with Crippen LogP contribution in [0.4, 0.5) is 8.78 Å². The Morgan fingerprint density at radius 3 is 2.62 bits per heavy atom. The van der Waals surface area contributed by atoms with Crippen molar-refractivity contribution in [2.24, 2.45) is 0 Å². The first kappa shape index (κ1) is 15.4. The van der Waals surface area contributed by atoms with Crippen LogP contribution in [0.3, 0.4) is 0 Å². The van der Waals surface area contributed by atoms with Crippen LogP contribution in [-0.4, -0.2) is 24.0 Å². The van der Waals surface area contributed by atoms with Gasteiger partial charge in [0.25, 0.3) is 0 Å². The second-order valence-corrected chi connectivity index (χ2v) is 4.95. The predicted molar refractivity (Wildman–Crippen MR) is 77.0 cm³/mol. The highest BCUT2D eigenvalue weighted by molar-refractivity contribution is 5.23. The van der Waals surface area contributed by atoms with Crippen molar-refractivity contribution in [1.29, 1.82) is 0 Å². The van der Waals surface area contributed by atoms with Crippen molar-refractivity contribution in [2.45, 2.75) is 19.5 Å². The van der Waals surface area contributed by atoms with Crippen LogP contribution in [0.5, 0.6) is 5.75 Å². The van der Waals surface area contributed by atoms with Crippen LogP contribution in [0, 0.1) is 11.6 Å². The second kappa shape index (κ2) is 6.63. The fourth-order valence-corrected chi connectivity index (χ4v) is 2.09. The molecule has 0 amide bonds. The molecule has 0 bridgehead atoms. The maximum atomic E-state index is 13.8. The van der Waals surface area contributed by atoms with Crippen LogP contribution in [-0.2, 0) is 6.54 Å². The molecule has 1 aromatic carbocycles. The Kier molecular flexibility index (Phi) is 4.85. The molecule has 0 fully saturated rings. The molecule has 1 unspecified atom stereocenters. The average Bonchev–Trinajstić information content (AvgIpc) is 2.49. The van der Waals surface area contributed by atoms with Crippen molar-refractivity contribution in [3.05, 3.63) is 59.4 Å². The quantitative estimate of drug-likeness (QED) is 0.842. The zero-order valence-electron chi connectivity index (χ0n) is 12.3. The number of ether oxygens (including phenoxy) is 1. The fraction of sp³-hybridized carbons (Fsp3) is 0.312. The molecule has 5 heteroatoms. The molecular formula is C16H18F2N2O. The standard InChI is InChI=1S/C16H18F2N2O/c1-11(15-8-12(17)4-7-16(15)18)20(2)10-13-5-6-14(21-3)9-19-13/h4-9,11H,10H2,1-3H3. The van der Waals surface area contributed by atoms with E-state index in [2.05, 4.69) is 4.98 Å². The first-order valence-electron chi connectivity index (χ1n) is 6.65. The lowest BCUT2D eigenvalue weighted by Gasteiger charge is -2.25. The summed E-state index contributed by atoms with van der Waals surface area (Å²) in [6, 6.07) is 6.92. The lowest BCUT2D eigenvalue weighted by Crippen LogP contribution is -2.23. The van der Waals surface area contributed by atoms with E-state index in [1.165, 1.54) is 6.07 Å². The Morgan fingerprint density at radius 2 is 2.00 bits per heavy atom. The Labute approximate surface area is 123 Å². The zero-order valence-corrected chi connectivity index (χ0v) is 12.3. The molecule has 0 saturated heterocycles. The SMILES string of the molecule is COc1ccc(CN(C)C(C)c2cc(F)ccc2F)nc1. The van der Waals surface area contributed by atoms with Gasteiger partial charge in [-0.05, 0) is 44.3 Å². The molecule has 0 saturated carbocycles. The largest absolute Gasteiger partial charge is 0.495 e. The lowest BCUT2D eigenvalue weighted by molar-refractivity contribution is 0.244. The first-order chi connectivity index (χ1) is 10.0. The molecular weight excluding hydrogens is 274 g/mol. The van der Waals surface area contributed by atoms with Crippen LogP contribution in [0.25, 0.3) is 0 Å². The monoisotopic (exact) mass is 292 g/mol. The van der Waals surface area contributed by atoms with Crippen molar-refractivity contribution < 1.29 is 13.5 Å². The zero-order chi connectivity index (χ0) is 15.4. The van der Waals surface area contributed by atoms with E-state index in [-0.39, 0.29) is 6.04 Å². The number of aromatic nitrogens is 1. The maximum absolute atomic E-state index is 13.8. The van der Waals surface area contributed by atoms with Crippen LogP contribution < -0.4 is 4.74 Å². The number of halogens is 2. The van der Waals surface area contributed by atoms with Gasteiger partial charge in [-0.1, -0.05) is 0 Å². The average molecular weight is 292 g/mol. The smallest absolute Gasteiger partial charge is 0.137 e. The van der Waals surface area contributed by atoms with E-state index in [1.807, 2.05) is 31.0 Å². The van der Waals surface area contributed by atoms with Crippen LogP contribution >= 0.6 is 0 Å². The number of pyridine rings is 1. The third kappa shape index (κ3) is 3.76. The van der Waals surface area contributed by atoms with Gasteiger partial charge < -0.3 is 4.74 Å². The topological polar surface area (TPSA) is 25.4 Å². The molecule has 0 aliphatic rings. The number of benzene rings is 1. The molecule has 0 radical (unpaired) electrons. The molecule has 3 nitrogen and oxygen atoms in total. The highest BCUT2D eigenvalue weighted by atomic mass is 19.1. The highest BCUT2D eigenvalue weighted by Crippen LogP contribution is 2.24. The van der Waals surface area contributed by atoms with Crippen molar-refractivity contribution in [1.82, 2.24) is 9.88 Å². The summed E-state index contributed by atoms with van der Waals surface area (Å²) >= 11 is 0. The molecule has 0 aliphatic carbocycles. The van der Waals surface area contributed by atoms with Gasteiger partial charge in [-0.2, -0.15) is 0 Å². The fourth-order valence-electron chi connectivity index (χ4n) is 2.09. The summed E-state index contributed by atoms with van der Waals surface area (Å²) < 4.78 is 32.1. The van der Waals surface area contributed by atoms with Crippen LogP contribution in [0.1, 0.15) is 24.2 Å². The number of methoxy groups -OCH3 is 1. The van der Waals surface area contributed by atoms with Crippen LogP contribution in [0.2, 0.25) is 0 Å². The Bertz CT molecular complexity index is 602. The van der Waals surface area contributed by atoms with E-state index >= 15 is 0 Å². The molecule has 21 heavy (non-hydrogen) atoms. The number of nitrogens with zero attached hydrogens (tertiary/aromatic N) is 2. The van der Waals surface area contributed by atoms with Crippen molar-refractivity contribution in [3.63, 3.8) is 0 Å². The van der Waals surface area contributed by atoms with Gasteiger partial charge in [0.2, 0.25) is 0 Å². The summed E-state index contributed by atoms with van der Waals surface area (Å²) in [5, 5.41) is 0.